The first-order chi connectivity index (χ1) is 8.19. The molecule has 0 radical (unpaired) electrons. The molecule has 0 aliphatic heterocycles. The zero-order valence-electron chi connectivity index (χ0n) is 11.0. The van der Waals surface area contributed by atoms with Gasteiger partial charge in [0.2, 0.25) is 0 Å². The fourth-order valence-electron chi connectivity index (χ4n) is 1.85. The maximum Gasteiger partial charge on any atom is 0.126 e. The molecule has 96 valence electrons. The minimum absolute atomic E-state index is 0.813. The molecular formula is C14H22BrNO. The maximum absolute atomic E-state index is 5.92. The first-order valence-corrected chi connectivity index (χ1v) is 7.04. The van der Waals surface area contributed by atoms with Gasteiger partial charge in [0.15, 0.2) is 0 Å². The summed E-state index contributed by atoms with van der Waals surface area (Å²) in [6.45, 7) is 5.95. The molecule has 0 aromatic heterocycles. The predicted octanol–water partition coefficient (Wildman–Crippen LogP) is 4.05. The van der Waals surface area contributed by atoms with E-state index < -0.39 is 0 Å². The van der Waals surface area contributed by atoms with Gasteiger partial charge in [0.1, 0.15) is 5.75 Å². The number of benzene rings is 1. The Morgan fingerprint density at radius 1 is 1.29 bits per heavy atom. The lowest BCUT2D eigenvalue weighted by Crippen LogP contribution is -2.09. The highest BCUT2D eigenvalue weighted by molar-refractivity contribution is 9.10. The quantitative estimate of drug-likeness (QED) is 0.767. The number of rotatable bonds is 7. The summed E-state index contributed by atoms with van der Waals surface area (Å²) in [5.74, 6) is 1.04. The van der Waals surface area contributed by atoms with Gasteiger partial charge in [-0.15, -0.1) is 0 Å². The normalized spacial score (nSPS) is 10.6. The number of unbranched alkanes of at least 4 members (excludes halogenated alkanes) is 2. The van der Waals surface area contributed by atoms with Crippen LogP contribution in [-0.4, -0.2) is 13.7 Å². The Balaban J connectivity index is 2.73. The Morgan fingerprint density at radius 2 is 2.06 bits per heavy atom. The van der Waals surface area contributed by atoms with E-state index in [0.29, 0.717) is 0 Å². The van der Waals surface area contributed by atoms with Gasteiger partial charge >= 0.3 is 0 Å². The molecule has 0 atom stereocenters. The molecule has 0 saturated heterocycles. The van der Waals surface area contributed by atoms with E-state index >= 15 is 0 Å². The van der Waals surface area contributed by atoms with Crippen molar-refractivity contribution < 1.29 is 4.74 Å². The van der Waals surface area contributed by atoms with Gasteiger partial charge in [0, 0.05) is 16.6 Å². The topological polar surface area (TPSA) is 21.3 Å². The molecule has 0 unspecified atom stereocenters. The zero-order valence-corrected chi connectivity index (χ0v) is 12.6. The highest BCUT2D eigenvalue weighted by Gasteiger charge is 2.08. The molecule has 0 aliphatic rings. The Hall–Kier alpha value is -0.540. The Kier molecular flexibility index (Phi) is 6.60. The van der Waals surface area contributed by atoms with Crippen molar-refractivity contribution >= 4 is 15.9 Å². The lowest BCUT2D eigenvalue weighted by Gasteiger charge is -2.14. The molecule has 0 aliphatic carbocycles. The molecule has 17 heavy (non-hydrogen) atoms. The number of hydrogen-bond acceptors (Lipinski definition) is 2. The third kappa shape index (κ3) is 4.68. The Bertz CT molecular complexity index is 352. The van der Waals surface area contributed by atoms with E-state index in [1.165, 1.54) is 24.0 Å². The van der Waals surface area contributed by atoms with Gasteiger partial charge in [-0.05, 0) is 38.1 Å². The number of hydrogen-bond donors (Lipinski definition) is 1. The minimum atomic E-state index is 0.813. The summed E-state index contributed by atoms with van der Waals surface area (Å²) in [6, 6.07) is 4.23. The van der Waals surface area contributed by atoms with Gasteiger partial charge in [0.05, 0.1) is 6.61 Å². The van der Waals surface area contributed by atoms with Crippen molar-refractivity contribution in [1.29, 1.82) is 0 Å². The molecule has 1 rings (SSSR count). The van der Waals surface area contributed by atoms with E-state index in [-0.39, 0.29) is 0 Å². The van der Waals surface area contributed by atoms with Crippen LogP contribution in [0.5, 0.6) is 5.75 Å². The summed E-state index contributed by atoms with van der Waals surface area (Å²) in [5.41, 5.74) is 2.41. The molecular weight excluding hydrogens is 278 g/mol. The molecule has 1 N–H and O–H groups in total. The van der Waals surface area contributed by atoms with Crippen molar-refractivity contribution in [3.05, 3.63) is 27.7 Å². The summed E-state index contributed by atoms with van der Waals surface area (Å²) in [7, 11) is 1.96. The number of ether oxygens (including phenoxy) is 1. The van der Waals surface area contributed by atoms with Crippen molar-refractivity contribution in [1.82, 2.24) is 5.32 Å². The van der Waals surface area contributed by atoms with E-state index in [0.717, 1.165) is 29.8 Å². The SMILES string of the molecule is CCCCCOc1c(C)cc(Br)cc1CNC. The second-order valence-electron chi connectivity index (χ2n) is 4.30. The second-order valence-corrected chi connectivity index (χ2v) is 5.21. The third-order valence-electron chi connectivity index (χ3n) is 2.68. The average molecular weight is 300 g/mol. The van der Waals surface area contributed by atoms with Crippen LogP contribution in [0.4, 0.5) is 0 Å². The number of halogens is 1. The van der Waals surface area contributed by atoms with Crippen LogP contribution in [0.1, 0.15) is 37.3 Å². The monoisotopic (exact) mass is 299 g/mol. The van der Waals surface area contributed by atoms with Gasteiger partial charge in [-0.25, -0.2) is 0 Å². The lowest BCUT2D eigenvalue weighted by atomic mass is 10.1. The lowest BCUT2D eigenvalue weighted by molar-refractivity contribution is 0.300. The molecule has 0 heterocycles. The smallest absolute Gasteiger partial charge is 0.126 e. The molecule has 0 bridgehead atoms. The van der Waals surface area contributed by atoms with Gasteiger partial charge in [-0.1, -0.05) is 35.7 Å². The van der Waals surface area contributed by atoms with Crippen LogP contribution in [0, 0.1) is 6.92 Å². The van der Waals surface area contributed by atoms with Crippen LogP contribution in [0.15, 0.2) is 16.6 Å². The van der Waals surface area contributed by atoms with Crippen molar-refractivity contribution in [3.8, 4) is 5.75 Å². The first-order valence-electron chi connectivity index (χ1n) is 6.25. The van der Waals surface area contributed by atoms with Crippen molar-refractivity contribution in [3.63, 3.8) is 0 Å². The predicted molar refractivity (Wildman–Crippen MR) is 76.7 cm³/mol. The van der Waals surface area contributed by atoms with Crippen LogP contribution in [0.3, 0.4) is 0 Å². The molecule has 1 aromatic carbocycles. The molecule has 1 aromatic rings. The highest BCUT2D eigenvalue weighted by Crippen LogP contribution is 2.28. The van der Waals surface area contributed by atoms with E-state index in [1.54, 1.807) is 0 Å². The van der Waals surface area contributed by atoms with Gasteiger partial charge in [-0.2, -0.15) is 0 Å². The van der Waals surface area contributed by atoms with Crippen molar-refractivity contribution in [2.24, 2.45) is 0 Å². The van der Waals surface area contributed by atoms with E-state index in [2.05, 4.69) is 47.2 Å². The second kappa shape index (κ2) is 7.72. The molecule has 0 spiro atoms. The van der Waals surface area contributed by atoms with Gasteiger partial charge in [-0.3, -0.25) is 0 Å². The number of nitrogens with one attached hydrogen (secondary N) is 1. The third-order valence-corrected chi connectivity index (χ3v) is 3.14. The van der Waals surface area contributed by atoms with Crippen LogP contribution in [-0.2, 0) is 6.54 Å². The molecule has 0 amide bonds. The summed E-state index contributed by atoms with van der Waals surface area (Å²) < 4.78 is 7.03. The molecule has 3 heteroatoms. The van der Waals surface area contributed by atoms with Gasteiger partial charge in [0.25, 0.3) is 0 Å². The summed E-state index contributed by atoms with van der Waals surface area (Å²) in [5, 5.41) is 3.18. The zero-order chi connectivity index (χ0) is 12.7. The highest BCUT2D eigenvalue weighted by atomic mass is 79.9. The van der Waals surface area contributed by atoms with Crippen LogP contribution in [0.25, 0.3) is 0 Å². The Morgan fingerprint density at radius 3 is 2.71 bits per heavy atom. The number of aryl methyl sites for hydroxylation is 1. The van der Waals surface area contributed by atoms with Crippen LogP contribution >= 0.6 is 15.9 Å². The van der Waals surface area contributed by atoms with Crippen LogP contribution in [0.2, 0.25) is 0 Å². The van der Waals surface area contributed by atoms with E-state index in [9.17, 15) is 0 Å². The largest absolute Gasteiger partial charge is 0.493 e. The first kappa shape index (κ1) is 14.5. The summed E-state index contributed by atoms with van der Waals surface area (Å²) in [4.78, 5) is 0. The molecule has 2 nitrogen and oxygen atoms in total. The Labute approximate surface area is 113 Å². The van der Waals surface area contributed by atoms with Crippen molar-refractivity contribution in [2.45, 2.75) is 39.7 Å². The minimum Gasteiger partial charge on any atom is -0.493 e. The van der Waals surface area contributed by atoms with E-state index in [4.69, 9.17) is 4.74 Å². The maximum atomic E-state index is 5.92. The average Bonchev–Trinajstić information content (AvgIpc) is 2.27. The van der Waals surface area contributed by atoms with Crippen LogP contribution < -0.4 is 10.1 Å². The van der Waals surface area contributed by atoms with Crippen molar-refractivity contribution in [2.75, 3.05) is 13.7 Å². The molecule has 0 fully saturated rings. The fraction of sp³-hybridized carbons (Fsp3) is 0.571. The summed E-state index contributed by atoms with van der Waals surface area (Å²) >= 11 is 3.53. The van der Waals surface area contributed by atoms with Gasteiger partial charge < -0.3 is 10.1 Å². The standard InChI is InChI=1S/C14H22BrNO/c1-4-5-6-7-17-14-11(2)8-13(15)9-12(14)10-16-3/h8-9,16H,4-7,10H2,1-3H3. The fourth-order valence-corrected chi connectivity index (χ4v) is 2.47. The van der Waals surface area contributed by atoms with E-state index in [1.807, 2.05) is 7.05 Å². The summed E-state index contributed by atoms with van der Waals surface area (Å²) in [6.07, 6.45) is 3.59. The molecule has 0 saturated carbocycles.